The molecule has 0 aromatic carbocycles. The molecule has 0 unspecified atom stereocenters. The number of aryl methyl sites for hydroxylation is 1. The summed E-state index contributed by atoms with van der Waals surface area (Å²) < 4.78 is 2.10. The van der Waals surface area contributed by atoms with Crippen molar-refractivity contribution in [2.24, 2.45) is 7.05 Å². The van der Waals surface area contributed by atoms with Crippen molar-refractivity contribution in [2.75, 3.05) is 6.54 Å². The first-order valence-corrected chi connectivity index (χ1v) is 3.93. The molecule has 0 saturated heterocycles. The number of hydrogen-bond donors (Lipinski definition) is 1. The molecule has 3 nitrogen and oxygen atoms in total. The van der Waals surface area contributed by atoms with Gasteiger partial charge in [-0.05, 0) is 13.5 Å². The van der Waals surface area contributed by atoms with Crippen LogP contribution in [0, 0.1) is 6.92 Å². The van der Waals surface area contributed by atoms with Crippen molar-refractivity contribution in [3.63, 3.8) is 0 Å². The van der Waals surface area contributed by atoms with Gasteiger partial charge in [0.1, 0.15) is 5.82 Å². The maximum absolute atomic E-state index is 4.25. The maximum Gasteiger partial charge on any atom is 0.122 e. The van der Waals surface area contributed by atoms with E-state index >= 15 is 0 Å². The molecule has 0 bridgehead atoms. The van der Waals surface area contributed by atoms with Crippen molar-refractivity contribution < 1.29 is 0 Å². The fourth-order valence-electron chi connectivity index (χ4n) is 0.946. The van der Waals surface area contributed by atoms with Crippen molar-refractivity contribution in [3.8, 4) is 0 Å². The summed E-state index contributed by atoms with van der Waals surface area (Å²) in [6.45, 7) is 6.00. The van der Waals surface area contributed by atoms with Gasteiger partial charge in [0.25, 0.3) is 0 Å². The van der Waals surface area contributed by atoms with Crippen LogP contribution in [0.4, 0.5) is 0 Å². The van der Waals surface area contributed by atoms with Gasteiger partial charge < -0.3 is 9.88 Å². The molecule has 0 saturated carbocycles. The third-order valence-electron chi connectivity index (χ3n) is 1.85. The van der Waals surface area contributed by atoms with Crippen LogP contribution in [-0.2, 0) is 13.6 Å². The van der Waals surface area contributed by atoms with Gasteiger partial charge in [-0.1, -0.05) is 6.92 Å². The molecule has 0 aliphatic heterocycles. The minimum Gasteiger partial charge on any atom is -0.334 e. The van der Waals surface area contributed by atoms with Crippen LogP contribution < -0.4 is 5.32 Å². The zero-order valence-electron chi connectivity index (χ0n) is 7.39. The van der Waals surface area contributed by atoms with Crippen LogP contribution in [-0.4, -0.2) is 16.1 Å². The number of rotatable bonds is 3. The summed E-state index contributed by atoms with van der Waals surface area (Å²) in [6.07, 6.45) is 1.90. The van der Waals surface area contributed by atoms with Crippen LogP contribution in [0.2, 0.25) is 0 Å². The van der Waals surface area contributed by atoms with E-state index in [0.29, 0.717) is 0 Å². The Morgan fingerprint density at radius 3 is 2.82 bits per heavy atom. The standard InChI is InChI=1S/C8H15N3/c1-4-9-6-8-10-5-7(2)11(8)3/h5,9H,4,6H2,1-3H3. The monoisotopic (exact) mass is 153 g/mol. The third kappa shape index (κ3) is 1.80. The van der Waals surface area contributed by atoms with Crippen LogP contribution >= 0.6 is 0 Å². The summed E-state index contributed by atoms with van der Waals surface area (Å²) in [5.74, 6) is 1.10. The van der Waals surface area contributed by atoms with Crippen LogP contribution in [0.3, 0.4) is 0 Å². The molecule has 11 heavy (non-hydrogen) atoms. The van der Waals surface area contributed by atoms with Gasteiger partial charge in [0.2, 0.25) is 0 Å². The Kier molecular flexibility index (Phi) is 2.65. The van der Waals surface area contributed by atoms with E-state index in [1.807, 2.05) is 13.2 Å². The number of nitrogens with one attached hydrogen (secondary N) is 1. The second-order valence-corrected chi connectivity index (χ2v) is 2.66. The van der Waals surface area contributed by atoms with E-state index in [2.05, 4.69) is 28.7 Å². The Bertz CT molecular complexity index is 227. The molecule has 1 heterocycles. The average Bonchev–Trinajstić information content (AvgIpc) is 2.31. The van der Waals surface area contributed by atoms with E-state index in [1.54, 1.807) is 0 Å². The summed E-state index contributed by atoms with van der Waals surface area (Å²) in [4.78, 5) is 4.25. The lowest BCUT2D eigenvalue weighted by atomic mass is 10.5. The van der Waals surface area contributed by atoms with Gasteiger partial charge in [0.15, 0.2) is 0 Å². The fourth-order valence-corrected chi connectivity index (χ4v) is 0.946. The molecule has 3 heteroatoms. The molecule has 0 aliphatic carbocycles. The van der Waals surface area contributed by atoms with Gasteiger partial charge in [-0.3, -0.25) is 0 Å². The molecule has 1 aromatic rings. The van der Waals surface area contributed by atoms with Crippen LogP contribution in [0.1, 0.15) is 18.4 Å². The number of hydrogen-bond acceptors (Lipinski definition) is 2. The lowest BCUT2D eigenvalue weighted by molar-refractivity contribution is 0.656. The molecule has 62 valence electrons. The highest BCUT2D eigenvalue weighted by molar-refractivity contribution is 5.01. The van der Waals surface area contributed by atoms with Crippen molar-refractivity contribution >= 4 is 0 Å². The number of imidazole rings is 1. The van der Waals surface area contributed by atoms with E-state index in [0.717, 1.165) is 18.9 Å². The van der Waals surface area contributed by atoms with Gasteiger partial charge in [-0.2, -0.15) is 0 Å². The molecule has 0 radical (unpaired) electrons. The van der Waals surface area contributed by atoms with Gasteiger partial charge in [0.05, 0.1) is 6.54 Å². The quantitative estimate of drug-likeness (QED) is 0.697. The Morgan fingerprint density at radius 1 is 1.64 bits per heavy atom. The molecule has 0 amide bonds. The largest absolute Gasteiger partial charge is 0.334 e. The molecular weight excluding hydrogens is 138 g/mol. The first-order chi connectivity index (χ1) is 5.25. The van der Waals surface area contributed by atoms with Gasteiger partial charge in [0, 0.05) is 18.9 Å². The second-order valence-electron chi connectivity index (χ2n) is 2.66. The van der Waals surface area contributed by atoms with E-state index < -0.39 is 0 Å². The van der Waals surface area contributed by atoms with Crippen molar-refractivity contribution in [3.05, 3.63) is 17.7 Å². The van der Waals surface area contributed by atoms with Gasteiger partial charge in [-0.15, -0.1) is 0 Å². The highest BCUT2D eigenvalue weighted by Crippen LogP contribution is 1.99. The highest BCUT2D eigenvalue weighted by atomic mass is 15.1. The fraction of sp³-hybridized carbons (Fsp3) is 0.625. The third-order valence-corrected chi connectivity index (χ3v) is 1.85. The van der Waals surface area contributed by atoms with E-state index in [1.165, 1.54) is 5.69 Å². The summed E-state index contributed by atoms with van der Waals surface area (Å²) in [5, 5.41) is 3.24. The van der Waals surface area contributed by atoms with Gasteiger partial charge >= 0.3 is 0 Å². The first-order valence-electron chi connectivity index (χ1n) is 3.93. The summed E-state index contributed by atoms with van der Waals surface area (Å²) >= 11 is 0. The normalized spacial score (nSPS) is 10.5. The van der Waals surface area contributed by atoms with E-state index in [-0.39, 0.29) is 0 Å². The van der Waals surface area contributed by atoms with Crippen LogP contribution in [0.25, 0.3) is 0 Å². The number of nitrogens with zero attached hydrogens (tertiary/aromatic N) is 2. The smallest absolute Gasteiger partial charge is 0.122 e. The van der Waals surface area contributed by atoms with E-state index in [4.69, 9.17) is 0 Å². The molecular formula is C8H15N3. The Labute approximate surface area is 67.4 Å². The van der Waals surface area contributed by atoms with E-state index in [9.17, 15) is 0 Å². The topological polar surface area (TPSA) is 29.9 Å². The van der Waals surface area contributed by atoms with Crippen molar-refractivity contribution in [1.82, 2.24) is 14.9 Å². The zero-order chi connectivity index (χ0) is 8.27. The second kappa shape index (κ2) is 3.53. The highest BCUT2D eigenvalue weighted by Gasteiger charge is 1.99. The zero-order valence-corrected chi connectivity index (χ0v) is 7.39. The summed E-state index contributed by atoms with van der Waals surface area (Å²) in [7, 11) is 2.04. The average molecular weight is 153 g/mol. The Balaban J connectivity index is 2.63. The van der Waals surface area contributed by atoms with Crippen LogP contribution in [0.15, 0.2) is 6.20 Å². The van der Waals surface area contributed by atoms with Crippen molar-refractivity contribution in [1.29, 1.82) is 0 Å². The summed E-state index contributed by atoms with van der Waals surface area (Å²) in [6, 6.07) is 0. The molecule has 0 fully saturated rings. The minimum atomic E-state index is 0.862. The minimum absolute atomic E-state index is 0.862. The Hall–Kier alpha value is -0.830. The molecule has 1 N–H and O–H groups in total. The molecule has 0 spiro atoms. The summed E-state index contributed by atoms with van der Waals surface area (Å²) in [5.41, 5.74) is 1.21. The predicted molar refractivity (Wildman–Crippen MR) is 45.3 cm³/mol. The molecule has 0 atom stereocenters. The first kappa shape index (κ1) is 8.27. The SMILES string of the molecule is CCNCc1ncc(C)n1C. The number of aromatic nitrogens is 2. The maximum atomic E-state index is 4.25. The van der Waals surface area contributed by atoms with Gasteiger partial charge in [-0.25, -0.2) is 4.98 Å². The lowest BCUT2D eigenvalue weighted by Gasteiger charge is -2.02. The predicted octanol–water partition coefficient (Wildman–Crippen LogP) is 0.838. The molecule has 1 aromatic heterocycles. The Morgan fingerprint density at radius 2 is 2.36 bits per heavy atom. The lowest BCUT2D eigenvalue weighted by Crippen LogP contribution is -2.15. The van der Waals surface area contributed by atoms with Crippen LogP contribution in [0.5, 0.6) is 0 Å². The molecule has 1 rings (SSSR count). The molecule has 0 aliphatic rings. The van der Waals surface area contributed by atoms with Crippen molar-refractivity contribution in [2.45, 2.75) is 20.4 Å².